The molecular weight excluding hydrogens is 544 g/mol. The largest absolute Gasteiger partial charge is 0.479 e. The third-order valence-corrected chi connectivity index (χ3v) is 9.17. The summed E-state index contributed by atoms with van der Waals surface area (Å²) in [6.07, 6.45) is -8.71. The Morgan fingerprint density at radius 2 is 1.46 bits per heavy atom. The molecule has 0 spiro atoms. The number of carbonyl (C=O) groups is 1. The van der Waals surface area contributed by atoms with Crippen LogP contribution in [0.25, 0.3) is 0 Å². The van der Waals surface area contributed by atoms with Crippen LogP contribution in [-0.2, 0) is 28.5 Å². The van der Waals surface area contributed by atoms with E-state index in [0.29, 0.717) is 6.42 Å². The molecule has 13 heteroatoms. The first kappa shape index (κ1) is 32.9. The minimum atomic E-state index is -1.58. The second-order valence-electron chi connectivity index (χ2n) is 12.2. The zero-order valence-corrected chi connectivity index (χ0v) is 23.8. The van der Waals surface area contributed by atoms with Gasteiger partial charge in [0.05, 0.1) is 24.9 Å². The smallest absolute Gasteiger partial charge is 0.332 e. The van der Waals surface area contributed by atoms with Gasteiger partial charge in [-0.1, -0.05) is 45.4 Å². The Kier molecular flexibility index (Phi) is 11.8. The fraction of sp³-hybridized carbons (Fsp3) is 0.964. The van der Waals surface area contributed by atoms with Crippen molar-refractivity contribution in [3.63, 3.8) is 0 Å². The maximum atomic E-state index is 12.1. The Morgan fingerprint density at radius 1 is 0.780 bits per heavy atom. The maximum absolute atomic E-state index is 12.1. The lowest BCUT2D eigenvalue weighted by molar-refractivity contribution is -0.348. The molecule has 0 radical (unpaired) electrons. The molecule has 0 bridgehead atoms. The molecule has 0 aromatic heterocycles. The van der Waals surface area contributed by atoms with Gasteiger partial charge in [-0.15, -0.1) is 0 Å². The fourth-order valence-electron chi connectivity index (χ4n) is 6.61. The van der Waals surface area contributed by atoms with Gasteiger partial charge in [-0.3, -0.25) is 0 Å². The minimum absolute atomic E-state index is 0.0808. The second-order valence-corrected chi connectivity index (χ2v) is 12.2. The Balaban J connectivity index is 1.46. The molecule has 0 aromatic rings. The lowest BCUT2D eigenvalue weighted by Gasteiger charge is -2.47. The molecular formula is C28H48O13. The van der Waals surface area contributed by atoms with E-state index >= 15 is 0 Å². The van der Waals surface area contributed by atoms with E-state index in [1.54, 1.807) is 6.92 Å². The summed E-state index contributed by atoms with van der Waals surface area (Å²) in [7, 11) is 0. The minimum Gasteiger partial charge on any atom is -0.479 e. The highest BCUT2D eigenvalue weighted by molar-refractivity contribution is 5.72. The van der Waals surface area contributed by atoms with E-state index in [9.17, 15) is 40.5 Å². The number of hydrogen-bond acceptors (Lipinski definition) is 12. The molecule has 7 N–H and O–H groups in total. The zero-order valence-electron chi connectivity index (χ0n) is 23.8. The number of carboxylic acids is 1. The van der Waals surface area contributed by atoms with Crippen LogP contribution >= 0.6 is 0 Å². The Labute approximate surface area is 240 Å². The van der Waals surface area contributed by atoms with E-state index in [4.69, 9.17) is 23.7 Å². The average molecular weight is 593 g/mol. The van der Waals surface area contributed by atoms with Crippen LogP contribution in [0.2, 0.25) is 0 Å². The summed E-state index contributed by atoms with van der Waals surface area (Å²) < 4.78 is 29.5. The monoisotopic (exact) mass is 592 g/mol. The van der Waals surface area contributed by atoms with E-state index in [2.05, 4.69) is 0 Å². The number of hydrogen-bond donors (Lipinski definition) is 7. The lowest BCUT2D eigenvalue weighted by atomic mass is 9.85. The zero-order chi connectivity index (χ0) is 29.8. The first-order valence-corrected chi connectivity index (χ1v) is 15.0. The first-order chi connectivity index (χ1) is 19.5. The van der Waals surface area contributed by atoms with Gasteiger partial charge in [0.15, 0.2) is 18.7 Å². The highest BCUT2D eigenvalue weighted by Crippen LogP contribution is 2.36. The predicted molar refractivity (Wildman–Crippen MR) is 140 cm³/mol. The van der Waals surface area contributed by atoms with Gasteiger partial charge in [0.2, 0.25) is 0 Å². The van der Waals surface area contributed by atoms with E-state index in [1.165, 1.54) is 0 Å². The highest BCUT2D eigenvalue weighted by atomic mass is 16.7. The molecule has 2 saturated heterocycles. The molecule has 4 aliphatic rings. The van der Waals surface area contributed by atoms with Crippen LogP contribution in [-0.4, -0.2) is 128 Å². The normalized spacial score (nSPS) is 45.3. The Morgan fingerprint density at radius 3 is 2.12 bits per heavy atom. The van der Waals surface area contributed by atoms with Crippen LogP contribution in [0, 0.1) is 11.8 Å². The fourth-order valence-corrected chi connectivity index (χ4v) is 6.61. The molecule has 13 nitrogen and oxygen atoms in total. The molecule has 0 amide bonds. The highest BCUT2D eigenvalue weighted by Gasteiger charge is 2.50. The predicted octanol–water partition coefficient (Wildman–Crippen LogP) is -0.348. The number of aliphatic hydroxyl groups excluding tert-OH is 6. The molecule has 2 heterocycles. The molecule has 2 aliphatic heterocycles. The summed E-state index contributed by atoms with van der Waals surface area (Å²) in [6, 6.07) is 0. The third-order valence-electron chi connectivity index (χ3n) is 9.17. The number of aliphatic carboxylic acids is 1. The maximum Gasteiger partial charge on any atom is 0.332 e. The molecule has 2 aliphatic carbocycles. The number of carboxylic acid groups (broad SMARTS) is 1. The molecule has 2 saturated carbocycles. The standard InChI is InChI=1S/C28H48O13/c1-13-7-6-10-16(24(13)41-27-22(33)21(32)19(30)14(2)37-27)39-28-23(34)25(20(31)18(12-29)40-28)38-17(26(35)36)11-15-8-4-3-5-9-15/h13-25,27-34H,3-12H2,1-2H3,(H,35,36)/t13?,14-,16+,17-,18+,19+,20-,21+,22-,23+,24+,25-,27-,28+/m0/s1. The van der Waals surface area contributed by atoms with Gasteiger partial charge in [0, 0.05) is 0 Å². The third kappa shape index (κ3) is 7.76. The van der Waals surface area contributed by atoms with Crippen molar-refractivity contribution in [3.05, 3.63) is 0 Å². The summed E-state index contributed by atoms with van der Waals surface area (Å²) >= 11 is 0. The Bertz CT molecular complexity index is 825. The van der Waals surface area contributed by atoms with Gasteiger partial charge in [0.25, 0.3) is 0 Å². The SMILES string of the molecule is CC1CCC[C@@H](O[C@@H]2O[C@H](CO)[C@H](O)[C@H](O[C@@H](CC3CCCCC3)C(=O)O)[C@H]2O)[C@@H]1O[C@@H]1O[C@@H](C)[C@@H](O)[C@@H](O)[C@@H]1O. The summed E-state index contributed by atoms with van der Waals surface area (Å²) in [5.74, 6) is -1.11. The van der Waals surface area contributed by atoms with Crippen molar-refractivity contribution in [2.45, 2.75) is 151 Å². The van der Waals surface area contributed by atoms with Gasteiger partial charge >= 0.3 is 5.97 Å². The van der Waals surface area contributed by atoms with E-state index in [0.717, 1.165) is 44.9 Å². The lowest BCUT2D eigenvalue weighted by Crippen LogP contribution is -2.63. The average Bonchev–Trinajstić information content (AvgIpc) is 2.95. The summed E-state index contributed by atoms with van der Waals surface area (Å²) in [4.78, 5) is 12.1. The van der Waals surface area contributed by atoms with Crippen molar-refractivity contribution < 1.29 is 64.2 Å². The van der Waals surface area contributed by atoms with E-state index in [-0.39, 0.29) is 18.3 Å². The summed E-state index contributed by atoms with van der Waals surface area (Å²) in [6.45, 7) is 2.87. The van der Waals surface area contributed by atoms with Crippen molar-refractivity contribution in [2.75, 3.05) is 6.61 Å². The van der Waals surface area contributed by atoms with Gasteiger partial charge in [0.1, 0.15) is 42.7 Å². The van der Waals surface area contributed by atoms with Gasteiger partial charge in [-0.2, -0.15) is 0 Å². The first-order valence-electron chi connectivity index (χ1n) is 15.0. The van der Waals surface area contributed by atoms with Crippen LogP contribution in [0.15, 0.2) is 0 Å². The molecule has 4 fully saturated rings. The quantitative estimate of drug-likeness (QED) is 0.174. The van der Waals surface area contributed by atoms with Crippen LogP contribution < -0.4 is 0 Å². The molecule has 238 valence electrons. The van der Waals surface area contributed by atoms with Crippen LogP contribution in [0.3, 0.4) is 0 Å². The van der Waals surface area contributed by atoms with Gasteiger partial charge in [-0.25, -0.2) is 4.79 Å². The van der Waals surface area contributed by atoms with E-state index in [1.807, 2.05) is 6.92 Å². The number of aliphatic hydroxyl groups is 6. The van der Waals surface area contributed by atoms with Crippen molar-refractivity contribution >= 4 is 5.97 Å². The number of ether oxygens (including phenoxy) is 5. The van der Waals surface area contributed by atoms with Gasteiger partial charge in [-0.05, 0) is 38.0 Å². The van der Waals surface area contributed by atoms with Crippen LogP contribution in [0.4, 0.5) is 0 Å². The van der Waals surface area contributed by atoms with Crippen molar-refractivity contribution in [1.29, 1.82) is 0 Å². The molecule has 41 heavy (non-hydrogen) atoms. The molecule has 0 aromatic carbocycles. The topological polar surface area (TPSA) is 205 Å². The van der Waals surface area contributed by atoms with Crippen molar-refractivity contribution in [3.8, 4) is 0 Å². The van der Waals surface area contributed by atoms with Gasteiger partial charge < -0.3 is 59.4 Å². The summed E-state index contributed by atoms with van der Waals surface area (Å²) in [5.41, 5.74) is 0. The van der Waals surface area contributed by atoms with Crippen molar-refractivity contribution in [1.82, 2.24) is 0 Å². The molecule has 1 unspecified atom stereocenters. The Hall–Kier alpha value is -0.970. The summed E-state index contributed by atoms with van der Waals surface area (Å²) in [5, 5.41) is 72.6. The van der Waals surface area contributed by atoms with Crippen LogP contribution in [0.1, 0.15) is 71.6 Å². The second kappa shape index (κ2) is 14.7. The molecule has 4 rings (SSSR count). The number of rotatable bonds is 10. The van der Waals surface area contributed by atoms with E-state index < -0.39 is 92.3 Å². The molecule has 14 atom stereocenters. The van der Waals surface area contributed by atoms with Crippen molar-refractivity contribution in [2.24, 2.45) is 11.8 Å². The van der Waals surface area contributed by atoms with Crippen LogP contribution in [0.5, 0.6) is 0 Å².